The van der Waals surface area contributed by atoms with Gasteiger partial charge in [-0.05, 0) is 31.2 Å². The van der Waals surface area contributed by atoms with E-state index in [2.05, 4.69) is 25.4 Å². The third-order valence-electron chi connectivity index (χ3n) is 3.57. The van der Waals surface area contributed by atoms with E-state index < -0.39 is 11.9 Å². The van der Waals surface area contributed by atoms with Crippen molar-refractivity contribution in [2.45, 2.75) is 13.1 Å². The Morgan fingerprint density at radius 1 is 1.17 bits per heavy atom. The van der Waals surface area contributed by atoms with Gasteiger partial charge in [-0.25, -0.2) is 4.98 Å². The normalized spacial score (nSPS) is 12.2. The summed E-state index contributed by atoms with van der Waals surface area (Å²) in [4.78, 5) is 10.4. The summed E-state index contributed by atoms with van der Waals surface area (Å²) < 4.78 is 40.2. The number of halogens is 3. The van der Waals surface area contributed by atoms with Gasteiger partial charge >= 0.3 is 6.18 Å². The first kappa shape index (κ1) is 14.5. The molecule has 6 nitrogen and oxygen atoms in total. The van der Waals surface area contributed by atoms with Crippen LogP contribution in [0.3, 0.4) is 0 Å². The molecule has 1 aromatic carbocycles. The summed E-state index contributed by atoms with van der Waals surface area (Å²) in [6.45, 7) is 1.94. The molecule has 0 fully saturated rings. The van der Waals surface area contributed by atoms with Gasteiger partial charge in [-0.15, -0.1) is 0 Å². The molecular weight excluding hydrogens is 321 g/mol. The van der Waals surface area contributed by atoms with E-state index in [1.165, 1.54) is 4.52 Å². The monoisotopic (exact) mass is 332 g/mol. The highest BCUT2D eigenvalue weighted by Crippen LogP contribution is 2.30. The van der Waals surface area contributed by atoms with Gasteiger partial charge in [0.1, 0.15) is 12.1 Å². The second-order valence-corrected chi connectivity index (χ2v) is 5.38. The molecule has 0 atom stereocenters. The fourth-order valence-electron chi connectivity index (χ4n) is 2.55. The third kappa shape index (κ3) is 2.43. The Morgan fingerprint density at radius 3 is 2.79 bits per heavy atom. The van der Waals surface area contributed by atoms with Gasteiger partial charge in [0.25, 0.3) is 5.78 Å². The number of fused-ring (bicyclic) bond motifs is 2. The van der Waals surface area contributed by atoms with Gasteiger partial charge in [0.15, 0.2) is 5.69 Å². The Bertz CT molecular complexity index is 1050. The van der Waals surface area contributed by atoms with Gasteiger partial charge in [-0.2, -0.15) is 27.8 Å². The lowest BCUT2D eigenvalue weighted by Crippen LogP contribution is -2.12. The minimum atomic E-state index is -4.56. The highest BCUT2D eigenvalue weighted by atomic mass is 19.4. The van der Waals surface area contributed by atoms with Gasteiger partial charge < -0.3 is 10.3 Å². The van der Waals surface area contributed by atoms with Gasteiger partial charge in [0.2, 0.25) is 0 Å². The summed E-state index contributed by atoms with van der Waals surface area (Å²) in [7, 11) is 0. The van der Waals surface area contributed by atoms with Crippen molar-refractivity contribution in [2.75, 3.05) is 5.32 Å². The van der Waals surface area contributed by atoms with Crippen molar-refractivity contribution in [2.24, 2.45) is 0 Å². The van der Waals surface area contributed by atoms with Crippen LogP contribution in [0.25, 0.3) is 16.7 Å². The predicted molar refractivity (Wildman–Crippen MR) is 82.1 cm³/mol. The van der Waals surface area contributed by atoms with Gasteiger partial charge in [-0.3, -0.25) is 0 Å². The fraction of sp³-hybridized carbons (Fsp3) is 0.133. The molecular formula is C15H11F3N6. The first-order chi connectivity index (χ1) is 11.4. The van der Waals surface area contributed by atoms with E-state index in [0.29, 0.717) is 5.69 Å². The van der Waals surface area contributed by atoms with Crippen LogP contribution in [0.4, 0.5) is 24.7 Å². The van der Waals surface area contributed by atoms with Crippen LogP contribution in [0, 0.1) is 6.92 Å². The van der Waals surface area contributed by atoms with Crippen LogP contribution in [0.1, 0.15) is 11.4 Å². The second-order valence-electron chi connectivity index (χ2n) is 5.38. The Balaban J connectivity index is 1.81. The first-order valence-corrected chi connectivity index (χ1v) is 7.04. The molecule has 0 radical (unpaired) electrons. The zero-order chi connectivity index (χ0) is 16.9. The molecule has 122 valence electrons. The van der Waals surface area contributed by atoms with E-state index in [0.717, 1.165) is 29.0 Å². The second kappa shape index (κ2) is 4.95. The molecule has 0 aliphatic rings. The molecule has 0 unspecified atom stereocenters. The van der Waals surface area contributed by atoms with Gasteiger partial charge in [0.05, 0.1) is 0 Å². The molecule has 4 rings (SSSR count). The number of nitrogens with one attached hydrogen (secondary N) is 2. The number of benzene rings is 1. The summed E-state index contributed by atoms with van der Waals surface area (Å²) in [6, 6.07) is 8.34. The van der Waals surface area contributed by atoms with Gasteiger partial charge in [-0.1, -0.05) is 0 Å². The molecule has 0 bridgehead atoms. The maximum Gasteiger partial charge on any atom is 0.433 e. The number of hydrogen-bond acceptors (Lipinski definition) is 4. The van der Waals surface area contributed by atoms with Crippen molar-refractivity contribution in [1.82, 2.24) is 24.6 Å². The van der Waals surface area contributed by atoms with Crippen LogP contribution in [0.2, 0.25) is 0 Å². The van der Waals surface area contributed by atoms with E-state index in [-0.39, 0.29) is 11.6 Å². The number of aromatic amines is 1. The van der Waals surface area contributed by atoms with Gasteiger partial charge in [0, 0.05) is 28.4 Å². The van der Waals surface area contributed by atoms with Crippen LogP contribution in [-0.4, -0.2) is 24.6 Å². The maximum absolute atomic E-state index is 13.0. The molecule has 0 saturated heterocycles. The number of hydrogen-bond donors (Lipinski definition) is 2. The smallest absolute Gasteiger partial charge is 0.359 e. The Kier molecular flexibility index (Phi) is 2.99. The zero-order valence-corrected chi connectivity index (χ0v) is 12.4. The van der Waals surface area contributed by atoms with Crippen molar-refractivity contribution >= 4 is 28.2 Å². The lowest BCUT2D eigenvalue weighted by Gasteiger charge is -2.11. The van der Waals surface area contributed by atoms with Crippen molar-refractivity contribution in [1.29, 1.82) is 0 Å². The SMILES string of the molecule is Cc1cc2cc(Nc3cc(C(F)(F)F)nc4ncnn34)ccc2[nH]1. The first-order valence-electron chi connectivity index (χ1n) is 7.04. The number of rotatable bonds is 2. The molecule has 3 aromatic heterocycles. The summed E-state index contributed by atoms with van der Waals surface area (Å²) in [5, 5.41) is 7.82. The molecule has 0 amide bonds. The van der Waals surface area contributed by atoms with E-state index in [4.69, 9.17) is 0 Å². The molecule has 0 aliphatic carbocycles. The summed E-state index contributed by atoms with van der Waals surface area (Å²) >= 11 is 0. The minimum absolute atomic E-state index is 0.120. The largest absolute Gasteiger partial charge is 0.433 e. The molecule has 3 heterocycles. The van der Waals surface area contributed by atoms with E-state index >= 15 is 0 Å². The molecule has 9 heteroatoms. The Hall–Kier alpha value is -3.10. The number of anilines is 2. The molecule has 0 saturated carbocycles. The lowest BCUT2D eigenvalue weighted by atomic mass is 10.2. The van der Waals surface area contributed by atoms with Crippen molar-refractivity contribution in [3.05, 3.63) is 48.0 Å². The summed E-state index contributed by atoms with van der Waals surface area (Å²) in [6.07, 6.45) is -3.40. The quantitative estimate of drug-likeness (QED) is 0.587. The van der Waals surface area contributed by atoms with Crippen molar-refractivity contribution in [3.63, 3.8) is 0 Å². The number of alkyl halides is 3. The van der Waals surface area contributed by atoms with Crippen LogP contribution >= 0.6 is 0 Å². The van der Waals surface area contributed by atoms with Crippen LogP contribution in [-0.2, 0) is 6.18 Å². The van der Waals surface area contributed by atoms with E-state index in [1.54, 1.807) is 6.07 Å². The van der Waals surface area contributed by atoms with Crippen LogP contribution in [0.5, 0.6) is 0 Å². The van der Waals surface area contributed by atoms with Crippen molar-refractivity contribution in [3.8, 4) is 0 Å². The maximum atomic E-state index is 13.0. The topological polar surface area (TPSA) is 70.9 Å². The third-order valence-corrected chi connectivity index (χ3v) is 3.57. The average molecular weight is 332 g/mol. The Labute approximate surface area is 133 Å². The summed E-state index contributed by atoms with van der Waals surface area (Å²) in [5.74, 6) is 0.0160. The molecule has 0 aliphatic heterocycles. The highest BCUT2D eigenvalue weighted by molar-refractivity contribution is 5.84. The average Bonchev–Trinajstić information content (AvgIpc) is 3.10. The molecule has 24 heavy (non-hydrogen) atoms. The minimum Gasteiger partial charge on any atom is -0.359 e. The number of aromatic nitrogens is 5. The number of nitrogens with zero attached hydrogens (tertiary/aromatic N) is 4. The van der Waals surface area contributed by atoms with E-state index in [9.17, 15) is 13.2 Å². The summed E-state index contributed by atoms with van der Waals surface area (Å²) in [5.41, 5.74) is 1.57. The fourth-order valence-corrected chi connectivity index (χ4v) is 2.55. The predicted octanol–water partition coefficient (Wildman–Crippen LogP) is 3.68. The Morgan fingerprint density at radius 2 is 2.00 bits per heavy atom. The number of H-pyrrole nitrogens is 1. The molecule has 2 N–H and O–H groups in total. The number of aryl methyl sites for hydroxylation is 1. The van der Waals surface area contributed by atoms with Crippen LogP contribution in [0.15, 0.2) is 36.7 Å². The standard InChI is InChI=1S/C15H11F3N6/c1-8-4-9-5-10(2-3-11(9)21-8)22-13-6-12(15(16,17)18)23-14-19-7-20-24(13)14/h2-7,21-22H,1H3. The van der Waals surface area contributed by atoms with Crippen molar-refractivity contribution < 1.29 is 13.2 Å². The van der Waals surface area contributed by atoms with Crippen LogP contribution < -0.4 is 5.32 Å². The van der Waals surface area contributed by atoms with E-state index in [1.807, 2.05) is 25.1 Å². The zero-order valence-electron chi connectivity index (χ0n) is 12.4. The lowest BCUT2D eigenvalue weighted by molar-refractivity contribution is -0.141. The highest BCUT2D eigenvalue weighted by Gasteiger charge is 2.34. The molecule has 4 aromatic rings. The molecule has 0 spiro atoms.